The average Bonchev–Trinajstić information content (AvgIpc) is 2.66. The molecule has 1 unspecified atom stereocenters. The van der Waals surface area contributed by atoms with Gasteiger partial charge in [0, 0.05) is 31.0 Å². The summed E-state index contributed by atoms with van der Waals surface area (Å²) in [6.07, 6.45) is 3.06. The van der Waals surface area contributed by atoms with Crippen LogP contribution in [-0.4, -0.2) is 18.1 Å². The molecule has 0 amide bonds. The summed E-state index contributed by atoms with van der Waals surface area (Å²) in [5, 5.41) is 0. The highest BCUT2D eigenvalue weighted by Crippen LogP contribution is 2.27. The molecule has 0 aromatic carbocycles. The van der Waals surface area contributed by atoms with Crippen LogP contribution in [0.3, 0.4) is 0 Å². The summed E-state index contributed by atoms with van der Waals surface area (Å²) in [4.78, 5) is 6.70. The molecule has 0 saturated carbocycles. The SMILES string of the molecule is CC(C)C1CCN(c2cc(N)ccn2)C1. The van der Waals surface area contributed by atoms with Crippen molar-refractivity contribution in [3.63, 3.8) is 0 Å². The Morgan fingerprint density at radius 2 is 2.33 bits per heavy atom. The van der Waals surface area contributed by atoms with Crippen LogP contribution in [0.25, 0.3) is 0 Å². The van der Waals surface area contributed by atoms with Crippen molar-refractivity contribution in [2.45, 2.75) is 20.3 Å². The second kappa shape index (κ2) is 4.09. The number of pyridine rings is 1. The minimum absolute atomic E-state index is 0.760. The molecule has 0 bridgehead atoms. The van der Waals surface area contributed by atoms with E-state index >= 15 is 0 Å². The fourth-order valence-electron chi connectivity index (χ4n) is 2.15. The Morgan fingerprint density at radius 1 is 1.53 bits per heavy atom. The van der Waals surface area contributed by atoms with Gasteiger partial charge < -0.3 is 10.6 Å². The number of rotatable bonds is 2. The van der Waals surface area contributed by atoms with E-state index in [-0.39, 0.29) is 0 Å². The third-order valence-corrected chi connectivity index (χ3v) is 3.26. The molecule has 1 aromatic rings. The minimum atomic E-state index is 0.760. The molecule has 1 fully saturated rings. The molecular formula is C12H19N3. The van der Waals surface area contributed by atoms with E-state index in [1.54, 1.807) is 6.20 Å². The maximum absolute atomic E-state index is 5.75. The van der Waals surface area contributed by atoms with E-state index < -0.39 is 0 Å². The van der Waals surface area contributed by atoms with E-state index in [2.05, 4.69) is 23.7 Å². The molecule has 1 aliphatic rings. The first-order valence-corrected chi connectivity index (χ1v) is 5.63. The van der Waals surface area contributed by atoms with Crippen molar-refractivity contribution >= 4 is 11.5 Å². The molecule has 1 aromatic heterocycles. The molecule has 82 valence electrons. The maximum Gasteiger partial charge on any atom is 0.130 e. The lowest BCUT2D eigenvalue weighted by Gasteiger charge is -2.19. The Morgan fingerprint density at radius 3 is 2.93 bits per heavy atom. The molecule has 0 radical (unpaired) electrons. The van der Waals surface area contributed by atoms with Gasteiger partial charge in [-0.1, -0.05) is 13.8 Å². The molecule has 2 heterocycles. The molecule has 1 saturated heterocycles. The monoisotopic (exact) mass is 205 g/mol. The summed E-state index contributed by atoms with van der Waals surface area (Å²) in [6.45, 7) is 6.81. The first-order valence-electron chi connectivity index (χ1n) is 5.63. The van der Waals surface area contributed by atoms with Gasteiger partial charge >= 0.3 is 0 Å². The number of aromatic nitrogens is 1. The first-order chi connectivity index (χ1) is 7.16. The van der Waals surface area contributed by atoms with E-state index in [0.29, 0.717) is 0 Å². The Hall–Kier alpha value is -1.25. The van der Waals surface area contributed by atoms with Crippen molar-refractivity contribution in [2.24, 2.45) is 11.8 Å². The van der Waals surface area contributed by atoms with Gasteiger partial charge in [-0.2, -0.15) is 0 Å². The van der Waals surface area contributed by atoms with E-state index in [4.69, 9.17) is 5.73 Å². The number of nitrogens with two attached hydrogens (primary N) is 1. The van der Waals surface area contributed by atoms with E-state index in [9.17, 15) is 0 Å². The summed E-state index contributed by atoms with van der Waals surface area (Å²) in [5.74, 6) is 2.59. The Balaban J connectivity index is 2.08. The molecule has 2 N–H and O–H groups in total. The summed E-state index contributed by atoms with van der Waals surface area (Å²) < 4.78 is 0. The Labute approximate surface area is 91.3 Å². The second-order valence-electron chi connectivity index (χ2n) is 4.69. The lowest BCUT2D eigenvalue weighted by Crippen LogP contribution is -2.22. The molecule has 3 nitrogen and oxygen atoms in total. The number of nitrogen functional groups attached to an aromatic ring is 1. The van der Waals surface area contributed by atoms with Crippen LogP contribution < -0.4 is 10.6 Å². The van der Waals surface area contributed by atoms with Crippen LogP contribution in [0.2, 0.25) is 0 Å². The van der Waals surface area contributed by atoms with Crippen LogP contribution in [0.15, 0.2) is 18.3 Å². The second-order valence-corrected chi connectivity index (χ2v) is 4.69. The predicted octanol–water partition coefficient (Wildman–Crippen LogP) is 2.15. The van der Waals surface area contributed by atoms with Gasteiger partial charge in [0.15, 0.2) is 0 Å². The zero-order chi connectivity index (χ0) is 10.8. The number of hydrogen-bond acceptors (Lipinski definition) is 3. The van der Waals surface area contributed by atoms with Gasteiger partial charge in [0.05, 0.1) is 0 Å². The molecule has 3 heteroatoms. The van der Waals surface area contributed by atoms with Gasteiger partial charge in [0.1, 0.15) is 5.82 Å². The summed E-state index contributed by atoms with van der Waals surface area (Å²) in [5.41, 5.74) is 6.55. The molecule has 0 aliphatic carbocycles. The van der Waals surface area contributed by atoms with E-state index in [0.717, 1.165) is 36.4 Å². The lowest BCUT2D eigenvalue weighted by atomic mass is 9.95. The van der Waals surface area contributed by atoms with Gasteiger partial charge in [-0.25, -0.2) is 4.98 Å². The zero-order valence-electron chi connectivity index (χ0n) is 9.48. The highest BCUT2D eigenvalue weighted by Gasteiger charge is 2.25. The fourth-order valence-corrected chi connectivity index (χ4v) is 2.15. The van der Waals surface area contributed by atoms with Crippen LogP contribution >= 0.6 is 0 Å². The van der Waals surface area contributed by atoms with Crippen molar-refractivity contribution in [3.05, 3.63) is 18.3 Å². The zero-order valence-corrected chi connectivity index (χ0v) is 9.48. The van der Waals surface area contributed by atoms with Crippen molar-refractivity contribution in [2.75, 3.05) is 23.7 Å². The number of anilines is 2. The van der Waals surface area contributed by atoms with Crippen LogP contribution in [0.5, 0.6) is 0 Å². The highest BCUT2D eigenvalue weighted by atomic mass is 15.2. The van der Waals surface area contributed by atoms with Gasteiger partial charge in [0.25, 0.3) is 0 Å². The molecule has 2 rings (SSSR count). The molecule has 0 spiro atoms. The van der Waals surface area contributed by atoms with E-state index in [1.165, 1.54) is 6.42 Å². The van der Waals surface area contributed by atoms with Crippen molar-refractivity contribution in [3.8, 4) is 0 Å². The standard InChI is InChI=1S/C12H19N3/c1-9(2)10-4-6-15(8-10)12-7-11(13)3-5-14-12/h3,5,7,9-10H,4,6,8H2,1-2H3,(H2,13,14). The largest absolute Gasteiger partial charge is 0.399 e. The fraction of sp³-hybridized carbons (Fsp3) is 0.583. The third-order valence-electron chi connectivity index (χ3n) is 3.26. The van der Waals surface area contributed by atoms with Gasteiger partial charge in [0.2, 0.25) is 0 Å². The van der Waals surface area contributed by atoms with Crippen molar-refractivity contribution in [1.82, 2.24) is 4.98 Å². The maximum atomic E-state index is 5.75. The van der Waals surface area contributed by atoms with Crippen LogP contribution in [-0.2, 0) is 0 Å². The number of hydrogen-bond donors (Lipinski definition) is 1. The summed E-state index contributed by atoms with van der Waals surface area (Å²) in [7, 11) is 0. The van der Waals surface area contributed by atoms with Gasteiger partial charge in [-0.05, 0) is 24.3 Å². The number of nitrogens with zero attached hydrogens (tertiary/aromatic N) is 2. The quantitative estimate of drug-likeness (QED) is 0.804. The average molecular weight is 205 g/mol. The van der Waals surface area contributed by atoms with Crippen molar-refractivity contribution in [1.29, 1.82) is 0 Å². The van der Waals surface area contributed by atoms with Gasteiger partial charge in [-0.3, -0.25) is 0 Å². The Bertz CT molecular complexity index is 335. The van der Waals surface area contributed by atoms with E-state index in [1.807, 2.05) is 12.1 Å². The van der Waals surface area contributed by atoms with Gasteiger partial charge in [-0.15, -0.1) is 0 Å². The molecule has 15 heavy (non-hydrogen) atoms. The topological polar surface area (TPSA) is 42.1 Å². The summed E-state index contributed by atoms with van der Waals surface area (Å²) in [6, 6.07) is 3.79. The molecule has 1 atom stereocenters. The lowest BCUT2D eigenvalue weighted by molar-refractivity contribution is 0.422. The normalized spacial score (nSPS) is 21.3. The first kappa shape index (κ1) is 10.3. The Kier molecular flexibility index (Phi) is 2.80. The molecular weight excluding hydrogens is 186 g/mol. The van der Waals surface area contributed by atoms with Crippen LogP contribution in [0, 0.1) is 11.8 Å². The van der Waals surface area contributed by atoms with Crippen LogP contribution in [0.1, 0.15) is 20.3 Å². The third kappa shape index (κ3) is 2.22. The smallest absolute Gasteiger partial charge is 0.130 e. The van der Waals surface area contributed by atoms with Crippen molar-refractivity contribution < 1.29 is 0 Å². The highest BCUT2D eigenvalue weighted by molar-refractivity contribution is 5.50. The predicted molar refractivity (Wildman–Crippen MR) is 63.8 cm³/mol. The molecule has 1 aliphatic heterocycles. The summed E-state index contributed by atoms with van der Waals surface area (Å²) >= 11 is 0. The minimum Gasteiger partial charge on any atom is -0.399 e. The van der Waals surface area contributed by atoms with Crippen LogP contribution in [0.4, 0.5) is 11.5 Å².